The van der Waals surface area contributed by atoms with Gasteiger partial charge in [0, 0.05) is 0 Å². The van der Waals surface area contributed by atoms with E-state index in [0.717, 1.165) is 5.56 Å². The second kappa shape index (κ2) is 10.4. The van der Waals surface area contributed by atoms with E-state index < -0.39 is 16.6 Å². The molecule has 0 atom stereocenters. The Morgan fingerprint density at radius 1 is 1.27 bits per heavy atom. The average Bonchev–Trinajstić information content (AvgIpc) is 1.91. The average molecular weight is 292 g/mol. The van der Waals surface area contributed by atoms with Crippen LogP contribution in [0.4, 0.5) is 3.32 Å². The fourth-order valence-electron chi connectivity index (χ4n) is 0.478. The summed E-state index contributed by atoms with van der Waals surface area (Å²) in [7, 11) is 4.52. The van der Waals surface area contributed by atoms with Crippen molar-refractivity contribution in [3.8, 4) is 0 Å². The maximum atomic E-state index is 10.2. The van der Waals surface area contributed by atoms with E-state index in [4.69, 9.17) is 0 Å². The molecule has 0 aliphatic rings. The number of hydrogen-bond acceptors (Lipinski definition) is 0. The van der Waals surface area contributed by atoms with Crippen molar-refractivity contribution in [3.63, 3.8) is 0 Å². The first-order valence-electron chi connectivity index (χ1n) is 2.80. The van der Waals surface area contributed by atoms with Crippen molar-refractivity contribution in [2.75, 3.05) is 0 Å². The van der Waals surface area contributed by atoms with E-state index in [2.05, 4.69) is 16.6 Å². The first kappa shape index (κ1) is 14.0. The van der Waals surface area contributed by atoms with E-state index in [0.29, 0.717) is 0 Å². The molecule has 0 saturated heterocycles. The van der Waals surface area contributed by atoms with Crippen molar-refractivity contribution < 1.29 is 20.0 Å². The van der Waals surface area contributed by atoms with Gasteiger partial charge in [0.25, 0.3) is 0 Å². The molecule has 0 amide bonds. The number of benzene rings is 1. The van der Waals surface area contributed by atoms with Crippen LogP contribution in [0.15, 0.2) is 30.3 Å². The fourth-order valence-corrected chi connectivity index (χ4v) is 0.478. The summed E-state index contributed by atoms with van der Waals surface area (Å²) in [6.45, 7) is 3.72. The van der Waals surface area contributed by atoms with Crippen molar-refractivity contribution in [2.45, 2.75) is 0 Å². The van der Waals surface area contributed by atoms with Gasteiger partial charge >= 0.3 is 29.6 Å². The van der Waals surface area contributed by atoms with Gasteiger partial charge in [0.1, 0.15) is 0 Å². The van der Waals surface area contributed by atoms with Gasteiger partial charge in [0.05, 0.1) is 0 Å². The molecule has 1 rings (SSSR count). The van der Waals surface area contributed by atoms with Gasteiger partial charge in [-0.15, -0.1) is 29.1 Å². The molecule has 0 saturated carbocycles. The van der Waals surface area contributed by atoms with E-state index >= 15 is 0 Å². The molecule has 4 heteroatoms. The van der Waals surface area contributed by atoms with Crippen LogP contribution in [0.25, 0.3) is 0 Å². The Morgan fingerprint density at radius 3 is 1.82 bits per heavy atom. The summed E-state index contributed by atoms with van der Waals surface area (Å²) in [5.74, 6) is 0. The van der Waals surface area contributed by atoms with Crippen LogP contribution in [0.2, 0.25) is 0 Å². The Labute approximate surface area is 89.1 Å². The first-order chi connectivity index (χ1) is 4.81. The van der Waals surface area contributed by atoms with Gasteiger partial charge in [-0.2, -0.15) is 24.6 Å². The number of rotatable bonds is 0. The van der Waals surface area contributed by atoms with E-state index in [1.165, 1.54) is 0 Å². The molecule has 0 aliphatic heterocycles. The molecular weight excluding hydrogens is 284 g/mol. The molecule has 0 unspecified atom stereocenters. The Balaban J connectivity index is 0. The molecule has 0 heterocycles. The third-order valence-electron chi connectivity index (χ3n) is 0.843. The van der Waals surface area contributed by atoms with Crippen molar-refractivity contribution in [2.24, 2.45) is 0 Å². The molecule has 1 aromatic rings. The second-order valence-corrected chi connectivity index (χ2v) is 3.06. The standard InChI is InChI=1S/C7H7.BrH.ClH.FH.Zn/c1-7-5-3-2-4-6-7;;;;/h2-6H,1H2;3*1H;/q-1;;;;+2/p-2. The van der Waals surface area contributed by atoms with Gasteiger partial charge in [0.15, 0.2) is 0 Å². The number of halogens is 3. The summed E-state index contributed by atoms with van der Waals surface area (Å²) in [5.41, 5.74) is 1.07. The molecule has 0 N–H and O–H groups in total. The maximum absolute atomic E-state index is 10.2. The van der Waals surface area contributed by atoms with E-state index in [9.17, 15) is 3.32 Å². The Kier molecular flexibility index (Phi) is 13.2. The molecule has 0 spiro atoms. The molecule has 0 fully saturated rings. The molecule has 1 aromatic carbocycles. The SMILES string of the molecule is Br.[CH2-]c1ccccc1.[F][Zn][Cl]. The van der Waals surface area contributed by atoms with Crippen LogP contribution >= 0.6 is 26.7 Å². The van der Waals surface area contributed by atoms with Gasteiger partial charge in [0.2, 0.25) is 0 Å². The van der Waals surface area contributed by atoms with Gasteiger partial charge in [-0.3, -0.25) is 0 Å². The molecule has 0 radical (unpaired) electrons. The minimum atomic E-state index is -1.90. The molecule has 0 aliphatic carbocycles. The molecule has 11 heavy (non-hydrogen) atoms. The zero-order valence-corrected chi connectivity index (χ0v) is 11.4. The van der Waals surface area contributed by atoms with Crippen molar-refractivity contribution >= 4 is 26.7 Å². The van der Waals surface area contributed by atoms with E-state index in [-0.39, 0.29) is 17.0 Å². The molecule has 0 nitrogen and oxygen atoms in total. The van der Waals surface area contributed by atoms with Crippen LogP contribution in [0.1, 0.15) is 5.56 Å². The van der Waals surface area contributed by atoms with Gasteiger partial charge in [-0.05, 0) is 0 Å². The predicted molar refractivity (Wildman–Crippen MR) is 48.2 cm³/mol. The molecular formula is C7H8BrClFZn-. The molecule has 0 bridgehead atoms. The van der Waals surface area contributed by atoms with Gasteiger partial charge < -0.3 is 0 Å². The summed E-state index contributed by atoms with van der Waals surface area (Å²) in [5, 5.41) is 0. The Bertz CT molecular complexity index is 160. The molecule has 60 valence electrons. The van der Waals surface area contributed by atoms with Crippen molar-refractivity contribution in [3.05, 3.63) is 42.8 Å². The normalized spacial score (nSPS) is 6.36. The monoisotopic (exact) mass is 289 g/mol. The van der Waals surface area contributed by atoms with Gasteiger partial charge in [-0.1, -0.05) is 6.07 Å². The zero-order chi connectivity index (χ0) is 7.82. The van der Waals surface area contributed by atoms with Crippen LogP contribution in [0, 0.1) is 6.92 Å². The topological polar surface area (TPSA) is 0 Å². The van der Waals surface area contributed by atoms with Crippen LogP contribution in [0.5, 0.6) is 0 Å². The summed E-state index contributed by atoms with van der Waals surface area (Å²) in [4.78, 5) is 0. The quantitative estimate of drug-likeness (QED) is 0.506. The summed E-state index contributed by atoms with van der Waals surface area (Å²) >= 11 is -1.90. The van der Waals surface area contributed by atoms with Crippen molar-refractivity contribution in [1.82, 2.24) is 0 Å². The first-order valence-corrected chi connectivity index (χ1v) is 7.82. The van der Waals surface area contributed by atoms with Crippen LogP contribution < -0.4 is 0 Å². The molecule has 0 aromatic heterocycles. The summed E-state index contributed by atoms with van der Waals surface area (Å²) in [6.07, 6.45) is 0. The predicted octanol–water partition coefficient (Wildman–Crippen LogP) is 3.55. The van der Waals surface area contributed by atoms with Crippen LogP contribution in [0.3, 0.4) is 0 Å². The van der Waals surface area contributed by atoms with Crippen LogP contribution in [-0.4, -0.2) is 0 Å². The van der Waals surface area contributed by atoms with Gasteiger partial charge in [-0.25, -0.2) is 0 Å². The van der Waals surface area contributed by atoms with E-state index in [1.807, 2.05) is 30.3 Å². The third-order valence-corrected chi connectivity index (χ3v) is 0.843. The third kappa shape index (κ3) is 10.4. The number of hydrogen-bond donors (Lipinski definition) is 0. The van der Waals surface area contributed by atoms with Crippen LogP contribution in [-0.2, 0) is 16.6 Å². The summed E-state index contributed by atoms with van der Waals surface area (Å²) < 4.78 is 10.2. The fraction of sp³-hybridized carbons (Fsp3) is 0. The minimum absolute atomic E-state index is 0. The summed E-state index contributed by atoms with van der Waals surface area (Å²) in [6, 6.07) is 9.87. The van der Waals surface area contributed by atoms with Crippen molar-refractivity contribution in [1.29, 1.82) is 0 Å². The Morgan fingerprint density at radius 2 is 1.64 bits per heavy atom. The Hall–Kier alpha value is 0.413. The van der Waals surface area contributed by atoms with E-state index in [1.54, 1.807) is 0 Å². The second-order valence-electron chi connectivity index (χ2n) is 1.59. The zero-order valence-electron chi connectivity index (χ0n) is 5.97.